The molecule has 4 rings (SSSR count). The predicted molar refractivity (Wildman–Crippen MR) is 159 cm³/mol. The largest absolute Gasteiger partial charge is 0.508 e. The lowest BCUT2D eigenvalue weighted by Crippen LogP contribution is -2.55. The van der Waals surface area contributed by atoms with E-state index in [1.165, 1.54) is 30.3 Å². The molecule has 222 valence electrons. The molecule has 0 aliphatic carbocycles. The van der Waals surface area contributed by atoms with Crippen LogP contribution in [0, 0.1) is 30.0 Å². The number of rotatable bonds is 9. The molecule has 0 saturated carbocycles. The highest BCUT2D eigenvalue weighted by Crippen LogP contribution is 2.43. The topological polar surface area (TPSA) is 98.2 Å². The second kappa shape index (κ2) is 12.4. The first-order valence-corrected chi connectivity index (χ1v) is 14.2. The zero-order valence-electron chi connectivity index (χ0n) is 24.8. The summed E-state index contributed by atoms with van der Waals surface area (Å²) in [4.78, 5) is 46.1. The molecule has 1 aliphatic heterocycles. The van der Waals surface area contributed by atoms with Gasteiger partial charge in [-0.05, 0) is 75.4 Å². The van der Waals surface area contributed by atoms with Crippen LogP contribution in [0.15, 0.2) is 66.7 Å². The molecule has 0 unspecified atom stereocenters. The number of ketones is 2. The van der Waals surface area contributed by atoms with Gasteiger partial charge in [-0.2, -0.15) is 0 Å². The molecule has 3 aromatic carbocycles. The van der Waals surface area contributed by atoms with Crippen molar-refractivity contribution in [3.05, 3.63) is 94.8 Å². The normalized spacial score (nSPS) is 19.1. The number of phenolic OH excluding ortho intramolecular Hbond substituents is 2. The van der Waals surface area contributed by atoms with Gasteiger partial charge in [0.1, 0.15) is 17.3 Å². The van der Waals surface area contributed by atoms with Crippen molar-refractivity contribution in [2.45, 2.75) is 33.1 Å². The fourth-order valence-corrected chi connectivity index (χ4v) is 5.92. The molecule has 0 radical (unpaired) electrons. The van der Waals surface area contributed by atoms with Crippen molar-refractivity contribution in [1.82, 2.24) is 9.80 Å². The number of phenols is 2. The molecule has 42 heavy (non-hydrogen) atoms. The predicted octanol–water partition coefficient (Wildman–Crippen LogP) is 5.45. The lowest BCUT2D eigenvalue weighted by Gasteiger charge is -2.45. The van der Waals surface area contributed by atoms with E-state index in [-0.39, 0.29) is 53.2 Å². The molecule has 3 atom stereocenters. The second-order valence-electron chi connectivity index (χ2n) is 12.2. The molecule has 1 fully saturated rings. The van der Waals surface area contributed by atoms with Crippen LogP contribution >= 0.6 is 0 Å². The van der Waals surface area contributed by atoms with Crippen LogP contribution in [-0.4, -0.2) is 71.2 Å². The number of halogens is 1. The monoisotopic (exact) mass is 574 g/mol. The van der Waals surface area contributed by atoms with Crippen molar-refractivity contribution in [1.29, 1.82) is 0 Å². The fourth-order valence-electron chi connectivity index (χ4n) is 5.92. The van der Waals surface area contributed by atoms with Crippen LogP contribution in [0.3, 0.4) is 0 Å². The summed E-state index contributed by atoms with van der Waals surface area (Å²) in [6, 6.07) is 16.6. The number of likely N-dealkylation sites (tertiary alicyclic amines) is 1. The summed E-state index contributed by atoms with van der Waals surface area (Å²) < 4.78 is 14.9. The van der Waals surface area contributed by atoms with E-state index in [4.69, 9.17) is 0 Å². The third kappa shape index (κ3) is 6.54. The highest BCUT2D eigenvalue weighted by Gasteiger charge is 2.48. The van der Waals surface area contributed by atoms with E-state index in [0.717, 1.165) is 0 Å². The Morgan fingerprint density at radius 2 is 1.38 bits per heavy atom. The Labute approximate surface area is 246 Å². The van der Waals surface area contributed by atoms with Gasteiger partial charge in [-0.1, -0.05) is 50.2 Å². The Bertz CT molecular complexity index is 1420. The first-order chi connectivity index (χ1) is 19.8. The van der Waals surface area contributed by atoms with E-state index in [1.54, 1.807) is 48.2 Å². The van der Waals surface area contributed by atoms with Crippen LogP contribution in [0.5, 0.6) is 11.5 Å². The lowest BCUT2D eigenvalue weighted by molar-refractivity contribution is -0.143. The average Bonchev–Trinajstić information content (AvgIpc) is 2.96. The maximum atomic E-state index is 14.9. The van der Waals surface area contributed by atoms with Crippen molar-refractivity contribution in [2.24, 2.45) is 17.3 Å². The minimum absolute atomic E-state index is 0.0309. The van der Waals surface area contributed by atoms with Gasteiger partial charge in [0.25, 0.3) is 0 Å². The van der Waals surface area contributed by atoms with E-state index in [2.05, 4.69) is 0 Å². The minimum Gasteiger partial charge on any atom is -0.508 e. The summed E-state index contributed by atoms with van der Waals surface area (Å²) in [6.07, 6.45) is 0.568. The SMILES string of the molecule is Cc1c(F)cccc1[C@@H]1[C@@H](C(=O)c2cccc(O)c2)CN(C(=O)C(C)(C)CCN(C)C)C[C@H]1C(=O)c1cccc(O)c1. The van der Waals surface area contributed by atoms with Crippen LogP contribution < -0.4 is 0 Å². The molecule has 2 N–H and O–H groups in total. The van der Waals surface area contributed by atoms with Gasteiger partial charge in [0.15, 0.2) is 11.6 Å². The first-order valence-electron chi connectivity index (χ1n) is 14.2. The number of piperidine rings is 1. The van der Waals surface area contributed by atoms with Crippen LogP contribution in [-0.2, 0) is 4.79 Å². The Kier molecular flexibility index (Phi) is 9.16. The zero-order valence-corrected chi connectivity index (χ0v) is 24.8. The van der Waals surface area contributed by atoms with Crippen molar-refractivity contribution in [2.75, 3.05) is 33.7 Å². The number of hydrogen-bond donors (Lipinski definition) is 2. The number of amides is 1. The second-order valence-corrected chi connectivity index (χ2v) is 12.2. The van der Waals surface area contributed by atoms with Gasteiger partial charge in [0, 0.05) is 47.4 Å². The Morgan fingerprint density at radius 1 is 0.881 bits per heavy atom. The van der Waals surface area contributed by atoms with Gasteiger partial charge < -0.3 is 20.0 Å². The fraction of sp³-hybridized carbons (Fsp3) is 0.382. The Balaban J connectivity index is 1.88. The van der Waals surface area contributed by atoms with E-state index >= 15 is 0 Å². The highest BCUT2D eigenvalue weighted by atomic mass is 19.1. The molecule has 7 nitrogen and oxygen atoms in total. The van der Waals surface area contributed by atoms with Gasteiger partial charge in [-0.15, -0.1) is 0 Å². The molecule has 0 spiro atoms. The van der Waals surface area contributed by atoms with Crippen molar-refractivity contribution in [3.63, 3.8) is 0 Å². The molecule has 1 heterocycles. The molecule has 1 aliphatic rings. The minimum atomic E-state index is -0.902. The average molecular weight is 575 g/mol. The molecular weight excluding hydrogens is 535 g/mol. The third-order valence-corrected chi connectivity index (χ3v) is 8.35. The van der Waals surface area contributed by atoms with Gasteiger partial charge >= 0.3 is 0 Å². The first kappa shape index (κ1) is 30.9. The number of hydrogen-bond acceptors (Lipinski definition) is 6. The molecular formula is C34H39FN2O5. The van der Waals surface area contributed by atoms with Crippen molar-refractivity contribution in [3.8, 4) is 11.5 Å². The standard InChI is InChI=1S/C34H39FN2O5/c1-21-26(13-8-14-29(21)35)30-27(31(40)22-9-6-11-24(38)17-22)19-37(33(42)34(2,3)15-16-36(4)5)20-28(30)32(41)23-10-7-12-25(39)18-23/h6-14,17-18,27-28,30,38-39H,15-16,19-20H2,1-5H3/t27-,28+,30+. The number of aromatic hydroxyl groups is 2. The van der Waals surface area contributed by atoms with E-state index in [0.29, 0.717) is 24.1 Å². The third-order valence-electron chi connectivity index (χ3n) is 8.35. The van der Waals surface area contributed by atoms with Gasteiger partial charge in [-0.25, -0.2) is 4.39 Å². The molecule has 1 amide bonds. The molecule has 8 heteroatoms. The number of benzene rings is 3. The summed E-state index contributed by atoms with van der Waals surface area (Å²) in [5, 5.41) is 20.3. The Hall–Kier alpha value is -4.04. The van der Waals surface area contributed by atoms with Crippen LogP contribution in [0.25, 0.3) is 0 Å². The smallest absolute Gasteiger partial charge is 0.228 e. The van der Waals surface area contributed by atoms with Crippen molar-refractivity contribution < 1.29 is 29.0 Å². The van der Waals surface area contributed by atoms with E-state index < -0.39 is 29.0 Å². The van der Waals surface area contributed by atoms with Gasteiger partial charge in [-0.3, -0.25) is 14.4 Å². The molecule has 0 aromatic heterocycles. The quantitative estimate of drug-likeness (QED) is 0.330. The molecule has 1 saturated heterocycles. The van der Waals surface area contributed by atoms with Gasteiger partial charge in [0.05, 0.1) is 0 Å². The van der Waals surface area contributed by atoms with Crippen LogP contribution in [0.4, 0.5) is 4.39 Å². The summed E-state index contributed by atoms with van der Waals surface area (Å²) >= 11 is 0. The van der Waals surface area contributed by atoms with Crippen LogP contribution in [0.1, 0.15) is 58.0 Å². The number of nitrogens with zero attached hydrogens (tertiary/aromatic N) is 2. The maximum absolute atomic E-state index is 14.9. The van der Waals surface area contributed by atoms with Crippen LogP contribution in [0.2, 0.25) is 0 Å². The molecule has 3 aromatic rings. The number of Topliss-reactive ketones (excluding diaryl/α,β-unsaturated/α-hetero) is 2. The Morgan fingerprint density at radius 3 is 1.86 bits per heavy atom. The summed E-state index contributed by atoms with van der Waals surface area (Å²) in [7, 11) is 3.86. The zero-order chi connectivity index (χ0) is 30.8. The van der Waals surface area contributed by atoms with Crippen molar-refractivity contribution >= 4 is 17.5 Å². The maximum Gasteiger partial charge on any atom is 0.228 e. The number of carbonyl (C=O) groups is 3. The number of carbonyl (C=O) groups excluding carboxylic acids is 3. The van der Waals surface area contributed by atoms with E-state index in [1.807, 2.05) is 32.8 Å². The summed E-state index contributed by atoms with van der Waals surface area (Å²) in [5.41, 5.74) is 0.554. The van der Waals surface area contributed by atoms with E-state index in [9.17, 15) is 29.0 Å². The lowest BCUT2D eigenvalue weighted by atomic mass is 9.67. The summed E-state index contributed by atoms with van der Waals surface area (Å²) in [5.74, 6) is -4.07. The van der Waals surface area contributed by atoms with Gasteiger partial charge in [0.2, 0.25) is 5.91 Å². The molecule has 0 bridgehead atoms. The summed E-state index contributed by atoms with van der Waals surface area (Å²) in [6.45, 7) is 6.08. The highest BCUT2D eigenvalue weighted by molar-refractivity contribution is 6.03.